The average Bonchev–Trinajstić information content (AvgIpc) is 2.92. The first-order chi connectivity index (χ1) is 17.4. The normalized spacial score (nSPS) is 23.3. The van der Waals surface area contributed by atoms with Gasteiger partial charge in [-0.25, -0.2) is 18.8 Å². The lowest BCUT2D eigenvalue weighted by Gasteiger charge is -2.40. The number of hydrogen-bond acceptors (Lipinski definition) is 8. The third kappa shape index (κ3) is 5.94. The van der Waals surface area contributed by atoms with E-state index in [1.165, 1.54) is 36.4 Å². The first-order valence-electron chi connectivity index (χ1n) is 11.2. The average molecular weight is 494 g/mol. The lowest BCUT2D eigenvalue weighted by atomic mass is 9.98. The molecule has 0 radical (unpaired) electrons. The molecule has 3 aromatic rings. The zero-order valence-electron chi connectivity index (χ0n) is 18.9. The highest BCUT2D eigenvalue weighted by molar-refractivity contribution is 5.90. The first-order valence-corrected chi connectivity index (χ1v) is 11.2. The molecule has 0 unspecified atom stereocenters. The third-order valence-electron chi connectivity index (χ3n) is 5.49. The summed E-state index contributed by atoms with van der Waals surface area (Å²) in [5.41, 5.74) is 0.560. The van der Waals surface area contributed by atoms with Gasteiger partial charge in [-0.05, 0) is 36.4 Å². The molecule has 1 N–H and O–H groups in total. The molecule has 1 aliphatic heterocycles. The predicted octanol–water partition coefficient (Wildman–Crippen LogP) is 3.35. The van der Waals surface area contributed by atoms with Crippen molar-refractivity contribution in [1.82, 2.24) is 0 Å². The quantitative estimate of drug-likeness (QED) is 0.394. The Hall–Kier alpha value is -4.08. The first kappa shape index (κ1) is 25.0. The molecular formula is C27H23FO8. The Labute approximate surface area is 206 Å². The Morgan fingerprint density at radius 1 is 0.694 bits per heavy atom. The molecule has 4 rings (SSSR count). The number of halogens is 1. The van der Waals surface area contributed by atoms with E-state index in [1.807, 2.05) is 0 Å². The summed E-state index contributed by atoms with van der Waals surface area (Å²) >= 11 is 0. The van der Waals surface area contributed by atoms with E-state index in [0.717, 1.165) is 0 Å². The largest absolute Gasteiger partial charge is 0.459 e. The maximum absolute atomic E-state index is 14.7. The number of esters is 3. The molecule has 5 atom stereocenters. The third-order valence-corrected chi connectivity index (χ3v) is 5.49. The van der Waals surface area contributed by atoms with Crippen molar-refractivity contribution in [3.05, 3.63) is 108 Å². The molecule has 0 spiro atoms. The van der Waals surface area contributed by atoms with Crippen LogP contribution in [0.25, 0.3) is 0 Å². The topological polar surface area (TPSA) is 108 Å². The van der Waals surface area contributed by atoms with Gasteiger partial charge in [0, 0.05) is 0 Å². The number of hydrogen-bond donors (Lipinski definition) is 1. The second-order valence-electron chi connectivity index (χ2n) is 7.95. The van der Waals surface area contributed by atoms with E-state index >= 15 is 0 Å². The monoisotopic (exact) mass is 494 g/mol. The van der Waals surface area contributed by atoms with Gasteiger partial charge in [0.25, 0.3) is 0 Å². The van der Waals surface area contributed by atoms with Gasteiger partial charge in [0.1, 0.15) is 12.7 Å². The maximum atomic E-state index is 14.7. The van der Waals surface area contributed by atoms with Crippen LogP contribution in [0.15, 0.2) is 91.0 Å². The molecule has 0 aliphatic carbocycles. The Bertz CT molecular complexity index is 1170. The molecule has 1 saturated heterocycles. The number of alkyl halides is 1. The molecule has 0 aromatic heterocycles. The molecule has 186 valence electrons. The Morgan fingerprint density at radius 2 is 1.11 bits per heavy atom. The van der Waals surface area contributed by atoms with Crippen molar-refractivity contribution in [3.63, 3.8) is 0 Å². The molecule has 1 heterocycles. The van der Waals surface area contributed by atoms with Crippen LogP contribution in [0.1, 0.15) is 31.1 Å². The van der Waals surface area contributed by atoms with Crippen molar-refractivity contribution in [2.45, 2.75) is 30.8 Å². The summed E-state index contributed by atoms with van der Waals surface area (Å²) in [5, 5.41) is 10.5. The lowest BCUT2D eigenvalue weighted by molar-refractivity contribution is -0.261. The van der Waals surface area contributed by atoms with Crippen LogP contribution in [0.4, 0.5) is 4.39 Å². The van der Waals surface area contributed by atoms with E-state index in [4.69, 9.17) is 18.9 Å². The van der Waals surface area contributed by atoms with Crippen molar-refractivity contribution in [1.29, 1.82) is 0 Å². The second-order valence-corrected chi connectivity index (χ2v) is 7.95. The number of rotatable bonds is 7. The zero-order chi connectivity index (χ0) is 25.5. The van der Waals surface area contributed by atoms with Gasteiger partial charge in [0.05, 0.1) is 16.7 Å². The van der Waals surface area contributed by atoms with Gasteiger partial charge in [0.2, 0.25) is 6.36 Å². The highest BCUT2D eigenvalue weighted by atomic mass is 19.1. The molecule has 1 aliphatic rings. The van der Waals surface area contributed by atoms with Gasteiger partial charge < -0.3 is 24.1 Å². The van der Waals surface area contributed by atoms with Crippen LogP contribution in [0.5, 0.6) is 0 Å². The van der Waals surface area contributed by atoms with Gasteiger partial charge in [-0.2, -0.15) is 0 Å². The molecule has 36 heavy (non-hydrogen) atoms. The minimum absolute atomic E-state index is 0.145. The van der Waals surface area contributed by atoms with Crippen molar-refractivity contribution in [2.75, 3.05) is 6.61 Å². The Balaban J connectivity index is 1.57. The van der Waals surface area contributed by atoms with Gasteiger partial charge in [-0.15, -0.1) is 0 Å². The van der Waals surface area contributed by atoms with Crippen molar-refractivity contribution < 1.29 is 42.8 Å². The minimum atomic E-state index is -2.30. The fourth-order valence-electron chi connectivity index (χ4n) is 3.64. The summed E-state index contributed by atoms with van der Waals surface area (Å²) in [7, 11) is 0. The van der Waals surface area contributed by atoms with Crippen LogP contribution in [-0.4, -0.2) is 60.4 Å². The molecule has 1 fully saturated rings. The van der Waals surface area contributed by atoms with Crippen molar-refractivity contribution in [2.24, 2.45) is 0 Å². The predicted molar refractivity (Wildman–Crippen MR) is 124 cm³/mol. The summed E-state index contributed by atoms with van der Waals surface area (Å²) in [5.74, 6) is -2.41. The van der Waals surface area contributed by atoms with Crippen LogP contribution in [0, 0.1) is 0 Å². The lowest BCUT2D eigenvalue weighted by Crippen LogP contribution is -2.60. The standard InChI is InChI=1S/C27H23FO8/c28-24-21(29)23(36-27(32)19-14-8-3-9-15-19)22(35-26(31)18-12-6-2-7-13-18)20(34-24)16-33-25(30)17-10-4-1-5-11-17/h1-15,20-24,29H,16H2/t20-,21+,22-,23-,24+/m1/s1. The van der Waals surface area contributed by atoms with E-state index < -0.39 is 55.3 Å². The molecule has 0 saturated carbocycles. The van der Waals surface area contributed by atoms with E-state index in [9.17, 15) is 23.9 Å². The van der Waals surface area contributed by atoms with Crippen LogP contribution < -0.4 is 0 Å². The fourth-order valence-corrected chi connectivity index (χ4v) is 3.64. The summed E-state index contributed by atoms with van der Waals surface area (Å²) < 4.78 is 36.1. The fraction of sp³-hybridized carbons (Fsp3) is 0.222. The number of aliphatic hydroxyl groups is 1. The van der Waals surface area contributed by atoms with Crippen LogP contribution in [-0.2, 0) is 18.9 Å². The zero-order valence-corrected chi connectivity index (χ0v) is 18.9. The van der Waals surface area contributed by atoms with Crippen molar-refractivity contribution >= 4 is 17.9 Å². The maximum Gasteiger partial charge on any atom is 0.338 e. The van der Waals surface area contributed by atoms with E-state index in [-0.39, 0.29) is 16.7 Å². The molecule has 3 aromatic carbocycles. The van der Waals surface area contributed by atoms with Gasteiger partial charge in [-0.3, -0.25) is 0 Å². The number of benzene rings is 3. The SMILES string of the molecule is O=C(OC[C@H]1O[C@H](F)[C@@H](O)[C@@H](OC(=O)c2ccccc2)[C@@H]1OC(=O)c1ccccc1)c1ccccc1. The summed E-state index contributed by atoms with van der Waals surface area (Å²) in [6, 6.07) is 23.9. The number of aliphatic hydroxyl groups excluding tert-OH is 1. The molecule has 0 amide bonds. The summed E-state index contributed by atoms with van der Waals surface area (Å²) in [6.45, 7) is -0.535. The molecular weight excluding hydrogens is 471 g/mol. The smallest absolute Gasteiger partial charge is 0.338 e. The van der Waals surface area contributed by atoms with E-state index in [1.54, 1.807) is 54.6 Å². The molecule has 0 bridgehead atoms. The van der Waals surface area contributed by atoms with E-state index in [2.05, 4.69) is 0 Å². The van der Waals surface area contributed by atoms with Crippen molar-refractivity contribution in [3.8, 4) is 0 Å². The van der Waals surface area contributed by atoms with E-state index in [0.29, 0.717) is 0 Å². The van der Waals surface area contributed by atoms with Crippen LogP contribution in [0.2, 0.25) is 0 Å². The number of carbonyl (C=O) groups excluding carboxylic acids is 3. The van der Waals surface area contributed by atoms with Gasteiger partial charge in [-0.1, -0.05) is 54.6 Å². The second kappa shape index (κ2) is 11.6. The van der Waals surface area contributed by atoms with Gasteiger partial charge in [0.15, 0.2) is 18.3 Å². The molecule has 9 heteroatoms. The summed E-state index contributed by atoms with van der Waals surface area (Å²) in [6.07, 6.45) is -8.78. The minimum Gasteiger partial charge on any atom is -0.459 e. The summed E-state index contributed by atoms with van der Waals surface area (Å²) in [4.78, 5) is 37.9. The highest BCUT2D eigenvalue weighted by Gasteiger charge is 2.50. The number of ether oxygens (including phenoxy) is 4. The number of carbonyl (C=O) groups is 3. The Kier molecular flexibility index (Phi) is 8.04. The van der Waals surface area contributed by atoms with Crippen LogP contribution >= 0.6 is 0 Å². The van der Waals surface area contributed by atoms with Crippen LogP contribution in [0.3, 0.4) is 0 Å². The highest BCUT2D eigenvalue weighted by Crippen LogP contribution is 2.29. The van der Waals surface area contributed by atoms with Gasteiger partial charge >= 0.3 is 17.9 Å². The Morgan fingerprint density at radius 3 is 1.58 bits per heavy atom. The molecule has 8 nitrogen and oxygen atoms in total.